The minimum absolute atomic E-state index is 0.108. The highest BCUT2D eigenvalue weighted by atomic mass is 16.2. The van der Waals surface area contributed by atoms with Crippen LogP contribution in [0.15, 0.2) is 36.9 Å². The van der Waals surface area contributed by atoms with Gasteiger partial charge in [-0.1, -0.05) is 6.07 Å². The van der Waals surface area contributed by atoms with Crippen LogP contribution in [-0.4, -0.2) is 74.8 Å². The predicted octanol–water partition coefficient (Wildman–Crippen LogP) is 2.14. The van der Waals surface area contributed by atoms with Crippen molar-refractivity contribution >= 4 is 5.91 Å². The van der Waals surface area contributed by atoms with Crippen LogP contribution < -0.4 is 0 Å². The Labute approximate surface area is 173 Å². The molecule has 0 bridgehead atoms. The van der Waals surface area contributed by atoms with E-state index in [9.17, 15) is 4.79 Å². The van der Waals surface area contributed by atoms with Crippen LogP contribution in [0.2, 0.25) is 0 Å². The highest BCUT2D eigenvalue weighted by molar-refractivity contribution is 5.78. The lowest BCUT2D eigenvalue weighted by molar-refractivity contribution is -0.137. The van der Waals surface area contributed by atoms with Gasteiger partial charge in [0.2, 0.25) is 5.91 Å². The number of imidazole rings is 1. The van der Waals surface area contributed by atoms with E-state index in [2.05, 4.69) is 30.8 Å². The van der Waals surface area contributed by atoms with Crippen molar-refractivity contribution < 1.29 is 4.79 Å². The van der Waals surface area contributed by atoms with E-state index < -0.39 is 0 Å². The second kappa shape index (κ2) is 9.50. The first-order valence-electron chi connectivity index (χ1n) is 10.8. The number of nitrogens with zero attached hydrogens (tertiary/aromatic N) is 5. The van der Waals surface area contributed by atoms with E-state index in [1.165, 1.54) is 18.4 Å². The number of nitrogens with one attached hydrogen (secondary N) is 1. The van der Waals surface area contributed by atoms with Gasteiger partial charge in [0.05, 0.1) is 12.5 Å². The van der Waals surface area contributed by atoms with Gasteiger partial charge in [0, 0.05) is 51.0 Å². The van der Waals surface area contributed by atoms with Gasteiger partial charge in [-0.05, 0) is 56.9 Å². The predicted molar refractivity (Wildman–Crippen MR) is 112 cm³/mol. The van der Waals surface area contributed by atoms with Crippen molar-refractivity contribution in [3.8, 4) is 0 Å². The number of H-pyrrole nitrogens is 1. The molecule has 1 atom stereocenters. The molecule has 0 radical (unpaired) electrons. The van der Waals surface area contributed by atoms with E-state index >= 15 is 0 Å². The smallest absolute Gasteiger partial charge is 0.227 e. The third-order valence-corrected chi connectivity index (χ3v) is 6.32. The number of hydrogen-bond acceptors (Lipinski definition) is 5. The van der Waals surface area contributed by atoms with Crippen molar-refractivity contribution in [3.63, 3.8) is 0 Å². The first kappa shape index (κ1) is 20.0. The van der Waals surface area contributed by atoms with Gasteiger partial charge in [0.1, 0.15) is 5.82 Å². The fraction of sp³-hybridized carbons (Fsp3) is 0.591. The SMILES string of the molecule is CN(Cc1ncc[nH]1)C(=O)C1CCCN(C2CCN(Cc3cccnc3)CC2)C1. The number of piperidine rings is 2. The van der Waals surface area contributed by atoms with Crippen molar-refractivity contribution in [2.45, 2.75) is 44.8 Å². The van der Waals surface area contributed by atoms with Crippen molar-refractivity contribution in [3.05, 3.63) is 48.3 Å². The summed E-state index contributed by atoms with van der Waals surface area (Å²) < 4.78 is 0. The number of amides is 1. The average molecular weight is 397 g/mol. The lowest BCUT2D eigenvalue weighted by Crippen LogP contribution is -2.50. The number of hydrogen-bond donors (Lipinski definition) is 1. The van der Waals surface area contributed by atoms with Gasteiger partial charge < -0.3 is 9.88 Å². The van der Waals surface area contributed by atoms with Gasteiger partial charge in [-0.2, -0.15) is 0 Å². The van der Waals surface area contributed by atoms with Crippen LogP contribution in [0.5, 0.6) is 0 Å². The van der Waals surface area contributed by atoms with Crippen molar-refractivity contribution in [2.24, 2.45) is 5.92 Å². The van der Waals surface area contributed by atoms with Gasteiger partial charge in [0.15, 0.2) is 0 Å². The lowest BCUT2D eigenvalue weighted by Gasteiger charge is -2.42. The van der Waals surface area contributed by atoms with Gasteiger partial charge in [-0.15, -0.1) is 0 Å². The average Bonchev–Trinajstić information content (AvgIpc) is 3.27. The first-order valence-corrected chi connectivity index (χ1v) is 10.8. The fourth-order valence-corrected chi connectivity index (χ4v) is 4.73. The second-order valence-corrected chi connectivity index (χ2v) is 8.43. The van der Waals surface area contributed by atoms with E-state index in [1.807, 2.05) is 30.4 Å². The molecule has 2 aliphatic heterocycles. The molecular weight excluding hydrogens is 364 g/mol. The number of carbonyl (C=O) groups excluding carboxylic acids is 1. The molecule has 2 aromatic heterocycles. The van der Waals surface area contributed by atoms with E-state index in [4.69, 9.17) is 0 Å². The summed E-state index contributed by atoms with van der Waals surface area (Å²) in [6, 6.07) is 4.76. The molecule has 156 valence electrons. The standard InChI is InChI=1S/C22H32N6O/c1-26(17-21-24-9-10-25-21)22(29)19-5-3-11-28(16-19)20-6-12-27(13-7-20)15-18-4-2-8-23-14-18/h2,4,8-10,14,19-20H,3,5-7,11-13,15-17H2,1H3,(H,24,25). The molecule has 7 nitrogen and oxygen atoms in total. The van der Waals surface area contributed by atoms with Crippen molar-refractivity contribution in [1.82, 2.24) is 29.7 Å². The Bertz CT molecular complexity index is 757. The largest absolute Gasteiger partial charge is 0.347 e. The number of rotatable bonds is 6. The van der Waals surface area contributed by atoms with Crippen molar-refractivity contribution in [1.29, 1.82) is 0 Å². The number of carbonyl (C=O) groups is 1. The summed E-state index contributed by atoms with van der Waals surface area (Å²) in [4.78, 5) is 31.4. The van der Waals surface area contributed by atoms with Gasteiger partial charge in [-0.25, -0.2) is 4.98 Å². The Morgan fingerprint density at radius 3 is 2.83 bits per heavy atom. The molecule has 29 heavy (non-hydrogen) atoms. The molecule has 0 aliphatic carbocycles. The number of aromatic amines is 1. The van der Waals surface area contributed by atoms with Gasteiger partial charge in [0.25, 0.3) is 0 Å². The molecule has 0 spiro atoms. The summed E-state index contributed by atoms with van der Waals surface area (Å²) in [7, 11) is 1.89. The Kier molecular flexibility index (Phi) is 6.56. The zero-order valence-electron chi connectivity index (χ0n) is 17.3. The summed E-state index contributed by atoms with van der Waals surface area (Å²) in [5, 5.41) is 0. The normalized spacial score (nSPS) is 21.9. The molecule has 1 N–H and O–H groups in total. The first-order chi connectivity index (χ1) is 14.2. The summed E-state index contributed by atoms with van der Waals surface area (Å²) >= 11 is 0. The highest BCUT2D eigenvalue weighted by Gasteiger charge is 2.32. The fourth-order valence-electron chi connectivity index (χ4n) is 4.73. The highest BCUT2D eigenvalue weighted by Crippen LogP contribution is 2.25. The Balaban J connectivity index is 1.26. The zero-order chi connectivity index (χ0) is 20.1. The second-order valence-electron chi connectivity index (χ2n) is 8.43. The van der Waals surface area contributed by atoms with Crippen LogP contribution in [0.1, 0.15) is 37.1 Å². The molecule has 1 amide bonds. The number of aromatic nitrogens is 3. The van der Waals surface area contributed by atoms with E-state index in [0.717, 1.165) is 51.4 Å². The molecule has 4 heterocycles. The summed E-state index contributed by atoms with van der Waals surface area (Å²) in [5.74, 6) is 1.20. The summed E-state index contributed by atoms with van der Waals surface area (Å²) in [6.07, 6.45) is 11.8. The third kappa shape index (κ3) is 5.22. The molecular formula is C22H32N6O. The maximum Gasteiger partial charge on any atom is 0.227 e. The molecule has 0 aromatic carbocycles. The lowest BCUT2D eigenvalue weighted by atomic mass is 9.93. The minimum Gasteiger partial charge on any atom is -0.347 e. The van der Waals surface area contributed by atoms with E-state index in [-0.39, 0.29) is 11.8 Å². The number of pyridine rings is 1. The molecule has 7 heteroatoms. The molecule has 0 saturated carbocycles. The number of likely N-dealkylation sites (tertiary alicyclic amines) is 2. The summed E-state index contributed by atoms with van der Waals surface area (Å²) in [6.45, 7) is 5.79. The Morgan fingerprint density at radius 2 is 2.10 bits per heavy atom. The van der Waals surface area contributed by atoms with Gasteiger partial charge in [-0.3, -0.25) is 19.6 Å². The van der Waals surface area contributed by atoms with Crippen LogP contribution in [0.3, 0.4) is 0 Å². The van der Waals surface area contributed by atoms with E-state index in [1.54, 1.807) is 12.4 Å². The Morgan fingerprint density at radius 1 is 1.24 bits per heavy atom. The molecule has 4 rings (SSSR count). The molecule has 2 aliphatic rings. The molecule has 2 aromatic rings. The van der Waals surface area contributed by atoms with Crippen LogP contribution in [-0.2, 0) is 17.9 Å². The quantitative estimate of drug-likeness (QED) is 0.810. The maximum absolute atomic E-state index is 13.0. The van der Waals surface area contributed by atoms with Crippen LogP contribution >= 0.6 is 0 Å². The molecule has 2 saturated heterocycles. The third-order valence-electron chi connectivity index (χ3n) is 6.32. The Hall–Kier alpha value is -2.25. The monoisotopic (exact) mass is 396 g/mol. The van der Waals surface area contributed by atoms with Gasteiger partial charge >= 0.3 is 0 Å². The van der Waals surface area contributed by atoms with E-state index in [0.29, 0.717) is 12.6 Å². The topological polar surface area (TPSA) is 68.4 Å². The van der Waals surface area contributed by atoms with Crippen LogP contribution in [0.4, 0.5) is 0 Å². The minimum atomic E-state index is 0.108. The zero-order valence-corrected chi connectivity index (χ0v) is 17.3. The molecule has 2 fully saturated rings. The van der Waals surface area contributed by atoms with Crippen LogP contribution in [0, 0.1) is 5.92 Å². The summed E-state index contributed by atoms with van der Waals surface area (Å²) in [5.41, 5.74) is 1.29. The van der Waals surface area contributed by atoms with Crippen LogP contribution in [0.25, 0.3) is 0 Å². The molecule has 1 unspecified atom stereocenters. The van der Waals surface area contributed by atoms with Crippen molar-refractivity contribution in [2.75, 3.05) is 33.2 Å². The maximum atomic E-state index is 13.0.